The summed E-state index contributed by atoms with van der Waals surface area (Å²) in [7, 11) is 0. The van der Waals surface area contributed by atoms with Gasteiger partial charge in [-0.05, 0) is 36.8 Å². The number of hydrogen-bond donors (Lipinski definition) is 2. The van der Waals surface area contributed by atoms with Crippen LogP contribution in [0.15, 0.2) is 53.6 Å². The van der Waals surface area contributed by atoms with Crippen molar-refractivity contribution >= 4 is 22.8 Å². The molecule has 0 saturated heterocycles. The van der Waals surface area contributed by atoms with Gasteiger partial charge in [0.2, 0.25) is 11.8 Å². The zero-order chi connectivity index (χ0) is 20.6. The molecule has 0 aliphatic carbocycles. The first kappa shape index (κ1) is 20.3. The van der Waals surface area contributed by atoms with E-state index >= 15 is 0 Å². The number of nitrogens with zero attached hydrogens (tertiary/aromatic N) is 3. The lowest BCUT2D eigenvalue weighted by molar-refractivity contribution is -0.122. The van der Waals surface area contributed by atoms with E-state index in [9.17, 15) is 14.4 Å². The summed E-state index contributed by atoms with van der Waals surface area (Å²) in [6, 6.07) is 11.2. The molecule has 0 fully saturated rings. The molecule has 0 aliphatic heterocycles. The molecule has 29 heavy (non-hydrogen) atoms. The van der Waals surface area contributed by atoms with Gasteiger partial charge in [0, 0.05) is 51.4 Å². The predicted octanol–water partition coefficient (Wildman–Crippen LogP) is 1.43. The molecule has 0 bridgehead atoms. The highest BCUT2D eigenvalue weighted by atomic mass is 16.2. The lowest BCUT2D eigenvalue weighted by Crippen LogP contribution is -2.32. The monoisotopic (exact) mass is 395 g/mol. The summed E-state index contributed by atoms with van der Waals surface area (Å²) in [4.78, 5) is 40.5. The van der Waals surface area contributed by atoms with E-state index in [-0.39, 0.29) is 36.9 Å². The van der Waals surface area contributed by atoms with Crippen molar-refractivity contribution in [1.82, 2.24) is 24.8 Å². The highest BCUT2D eigenvalue weighted by molar-refractivity contribution is 5.79. The van der Waals surface area contributed by atoms with Crippen molar-refractivity contribution in [1.29, 1.82) is 0 Å². The minimum Gasteiger partial charge on any atom is -0.356 e. The molecule has 0 radical (unpaired) electrons. The van der Waals surface area contributed by atoms with Crippen LogP contribution in [-0.4, -0.2) is 32.5 Å². The first-order chi connectivity index (χ1) is 14.1. The molecule has 0 aliphatic rings. The van der Waals surface area contributed by atoms with Gasteiger partial charge in [0.05, 0.1) is 11.0 Å². The van der Waals surface area contributed by atoms with Crippen molar-refractivity contribution < 1.29 is 9.59 Å². The fraction of sp³-hybridized carbons (Fsp3) is 0.333. The van der Waals surface area contributed by atoms with Gasteiger partial charge >= 0.3 is 5.69 Å². The van der Waals surface area contributed by atoms with Crippen LogP contribution in [0.3, 0.4) is 0 Å². The number of hydrogen-bond acceptors (Lipinski definition) is 4. The van der Waals surface area contributed by atoms with Crippen LogP contribution >= 0.6 is 0 Å². The van der Waals surface area contributed by atoms with Crippen LogP contribution in [0.5, 0.6) is 0 Å². The standard InChI is InChI=1S/C21H25N5O3/c1-2-25-17-5-3-4-6-18(17)26(21(25)29)14-10-20(28)23-13-9-19(27)24-15-16-7-11-22-12-8-16/h3-8,11-12H,2,9-10,13-15H2,1H3,(H,23,28)(H,24,27). The molecular weight excluding hydrogens is 370 g/mol. The number of imidazole rings is 1. The maximum Gasteiger partial charge on any atom is 0.329 e. The molecule has 8 nitrogen and oxygen atoms in total. The zero-order valence-electron chi connectivity index (χ0n) is 16.4. The molecule has 2 amide bonds. The average molecular weight is 395 g/mol. The summed E-state index contributed by atoms with van der Waals surface area (Å²) in [5.74, 6) is -0.323. The molecule has 2 aromatic heterocycles. The normalized spacial score (nSPS) is 10.8. The summed E-state index contributed by atoms with van der Waals surface area (Å²) >= 11 is 0. The summed E-state index contributed by atoms with van der Waals surface area (Å²) in [6.07, 6.45) is 3.72. The Balaban J connectivity index is 1.45. The highest BCUT2D eigenvalue weighted by Crippen LogP contribution is 2.12. The maximum absolute atomic E-state index is 12.6. The van der Waals surface area contributed by atoms with E-state index in [1.165, 1.54) is 0 Å². The molecule has 152 valence electrons. The fourth-order valence-corrected chi connectivity index (χ4v) is 3.20. The van der Waals surface area contributed by atoms with Gasteiger partial charge in [-0.1, -0.05) is 12.1 Å². The quantitative estimate of drug-likeness (QED) is 0.573. The maximum atomic E-state index is 12.6. The van der Waals surface area contributed by atoms with Crippen LogP contribution in [0, 0.1) is 0 Å². The number of carbonyl (C=O) groups is 2. The number of benzene rings is 1. The van der Waals surface area contributed by atoms with Crippen LogP contribution < -0.4 is 16.3 Å². The Morgan fingerprint density at radius 3 is 2.28 bits per heavy atom. The van der Waals surface area contributed by atoms with Crippen LogP contribution in [0.2, 0.25) is 0 Å². The second kappa shape index (κ2) is 9.68. The van der Waals surface area contributed by atoms with E-state index in [0.717, 1.165) is 16.6 Å². The van der Waals surface area contributed by atoms with Gasteiger partial charge in [0.15, 0.2) is 0 Å². The van der Waals surface area contributed by atoms with E-state index in [1.54, 1.807) is 21.5 Å². The highest BCUT2D eigenvalue weighted by Gasteiger charge is 2.12. The third-order valence-corrected chi connectivity index (χ3v) is 4.72. The van der Waals surface area contributed by atoms with Crippen LogP contribution in [0.25, 0.3) is 11.0 Å². The van der Waals surface area contributed by atoms with E-state index < -0.39 is 0 Å². The lowest BCUT2D eigenvalue weighted by atomic mass is 10.2. The molecule has 8 heteroatoms. The van der Waals surface area contributed by atoms with Gasteiger partial charge < -0.3 is 10.6 Å². The van der Waals surface area contributed by atoms with Gasteiger partial charge in [-0.2, -0.15) is 0 Å². The summed E-state index contributed by atoms with van der Waals surface area (Å²) in [5, 5.41) is 5.54. The number of rotatable bonds is 9. The Labute approximate surface area is 168 Å². The third-order valence-electron chi connectivity index (χ3n) is 4.72. The van der Waals surface area contributed by atoms with Gasteiger partial charge in [-0.3, -0.25) is 23.7 Å². The zero-order valence-corrected chi connectivity index (χ0v) is 16.4. The Bertz CT molecular complexity index is 1040. The Kier molecular flexibility index (Phi) is 6.78. The number of para-hydroxylation sites is 2. The number of fused-ring (bicyclic) bond motifs is 1. The number of nitrogens with one attached hydrogen (secondary N) is 2. The Morgan fingerprint density at radius 1 is 0.931 bits per heavy atom. The summed E-state index contributed by atoms with van der Waals surface area (Å²) in [5.41, 5.74) is 2.54. The second-order valence-electron chi connectivity index (χ2n) is 6.65. The number of amides is 2. The molecule has 3 rings (SSSR count). The molecular formula is C21H25N5O3. The first-order valence-electron chi connectivity index (χ1n) is 9.70. The fourth-order valence-electron chi connectivity index (χ4n) is 3.20. The third kappa shape index (κ3) is 5.10. The van der Waals surface area contributed by atoms with E-state index in [2.05, 4.69) is 15.6 Å². The van der Waals surface area contributed by atoms with E-state index in [4.69, 9.17) is 0 Å². The number of carbonyl (C=O) groups excluding carboxylic acids is 2. The van der Waals surface area contributed by atoms with Gasteiger partial charge in [0.1, 0.15) is 0 Å². The van der Waals surface area contributed by atoms with E-state index in [0.29, 0.717) is 19.6 Å². The SMILES string of the molecule is CCn1c(=O)n(CCC(=O)NCCC(=O)NCc2ccncc2)c2ccccc21. The smallest absolute Gasteiger partial charge is 0.329 e. The van der Waals surface area contributed by atoms with Crippen LogP contribution in [0.4, 0.5) is 0 Å². The van der Waals surface area contributed by atoms with Gasteiger partial charge in [-0.15, -0.1) is 0 Å². The number of pyridine rings is 1. The summed E-state index contributed by atoms with van der Waals surface area (Å²) < 4.78 is 3.32. The van der Waals surface area contributed by atoms with Crippen molar-refractivity contribution in [3.05, 3.63) is 64.8 Å². The van der Waals surface area contributed by atoms with Crippen molar-refractivity contribution in [2.45, 2.75) is 39.4 Å². The number of aryl methyl sites for hydroxylation is 2. The van der Waals surface area contributed by atoms with Gasteiger partial charge in [-0.25, -0.2) is 4.79 Å². The molecule has 2 heterocycles. The number of aromatic nitrogens is 3. The van der Waals surface area contributed by atoms with Crippen molar-refractivity contribution in [3.63, 3.8) is 0 Å². The van der Waals surface area contributed by atoms with E-state index in [1.807, 2.05) is 43.3 Å². The van der Waals surface area contributed by atoms with Crippen LogP contribution in [-0.2, 0) is 29.2 Å². The first-order valence-corrected chi connectivity index (χ1v) is 9.70. The molecule has 2 N–H and O–H groups in total. The van der Waals surface area contributed by atoms with Crippen molar-refractivity contribution in [2.75, 3.05) is 6.54 Å². The Hall–Kier alpha value is -3.42. The lowest BCUT2D eigenvalue weighted by Gasteiger charge is -2.07. The molecule has 3 aromatic rings. The van der Waals surface area contributed by atoms with Crippen molar-refractivity contribution in [3.8, 4) is 0 Å². The molecule has 0 spiro atoms. The topological polar surface area (TPSA) is 98.0 Å². The molecule has 0 saturated carbocycles. The van der Waals surface area contributed by atoms with Crippen molar-refractivity contribution in [2.24, 2.45) is 0 Å². The average Bonchev–Trinajstić information content (AvgIpc) is 3.02. The van der Waals surface area contributed by atoms with Crippen LogP contribution in [0.1, 0.15) is 25.3 Å². The Morgan fingerprint density at radius 2 is 1.59 bits per heavy atom. The molecule has 1 aromatic carbocycles. The second-order valence-corrected chi connectivity index (χ2v) is 6.65. The minimum absolute atomic E-state index is 0.114. The molecule has 0 atom stereocenters. The molecule has 0 unspecified atom stereocenters. The predicted molar refractivity (Wildman–Crippen MR) is 110 cm³/mol. The minimum atomic E-state index is -0.188. The largest absolute Gasteiger partial charge is 0.356 e. The summed E-state index contributed by atoms with van der Waals surface area (Å²) in [6.45, 7) is 3.48. The van der Waals surface area contributed by atoms with Gasteiger partial charge in [0.25, 0.3) is 0 Å².